The average molecular weight is 229 g/mol. The molecule has 4 heteroatoms. The lowest BCUT2D eigenvalue weighted by Crippen LogP contribution is -2.31. The van der Waals surface area contributed by atoms with Gasteiger partial charge in [0.05, 0.1) is 0 Å². The lowest BCUT2D eigenvalue weighted by molar-refractivity contribution is 0.0944. The summed E-state index contributed by atoms with van der Waals surface area (Å²) >= 11 is 0. The summed E-state index contributed by atoms with van der Waals surface area (Å²) in [7, 11) is 0. The Kier molecular flexibility index (Phi) is 2.37. The largest absolute Gasteiger partial charge is 0.336 e. The summed E-state index contributed by atoms with van der Waals surface area (Å²) < 4.78 is 2.08. The van der Waals surface area contributed by atoms with E-state index in [1.165, 1.54) is 12.8 Å². The predicted octanol–water partition coefficient (Wildman–Crippen LogP) is 1.65. The molecule has 1 aromatic heterocycles. The Labute approximate surface area is 99.4 Å². The smallest absolute Gasteiger partial charge is 0.281 e. The molecule has 1 aliphatic carbocycles. The Morgan fingerprint density at radius 2 is 2.18 bits per heavy atom. The molecule has 1 amide bonds. The molecule has 0 atom stereocenters. The highest BCUT2D eigenvalue weighted by Gasteiger charge is 2.24. The Hall–Kier alpha value is -1.81. The van der Waals surface area contributed by atoms with E-state index in [9.17, 15) is 4.79 Å². The molecular weight excluding hydrogens is 214 g/mol. The number of benzene rings is 1. The van der Waals surface area contributed by atoms with Crippen molar-refractivity contribution in [1.82, 2.24) is 9.99 Å². The summed E-state index contributed by atoms with van der Waals surface area (Å²) in [4.78, 5) is 11.7. The zero-order valence-corrected chi connectivity index (χ0v) is 9.52. The van der Waals surface area contributed by atoms with Gasteiger partial charge in [0, 0.05) is 17.4 Å². The number of hydrogen-bond acceptors (Lipinski definition) is 2. The number of carbonyl (C=O) groups excluding carboxylic acids is 1. The van der Waals surface area contributed by atoms with Crippen molar-refractivity contribution in [2.75, 3.05) is 0 Å². The first-order valence-electron chi connectivity index (χ1n) is 5.89. The second kappa shape index (κ2) is 3.89. The number of nitrogen functional groups attached to an aromatic ring is 1. The van der Waals surface area contributed by atoms with E-state index in [4.69, 9.17) is 5.84 Å². The van der Waals surface area contributed by atoms with Crippen molar-refractivity contribution in [2.45, 2.75) is 19.4 Å². The minimum Gasteiger partial charge on any atom is -0.336 e. The fourth-order valence-corrected chi connectivity index (χ4v) is 2.23. The van der Waals surface area contributed by atoms with E-state index in [2.05, 4.69) is 9.99 Å². The van der Waals surface area contributed by atoms with Gasteiger partial charge >= 0.3 is 0 Å². The van der Waals surface area contributed by atoms with Crippen LogP contribution >= 0.6 is 0 Å². The second-order valence-electron chi connectivity index (χ2n) is 4.62. The molecule has 0 saturated heterocycles. The lowest BCUT2D eigenvalue weighted by atomic mass is 10.2. The van der Waals surface area contributed by atoms with Crippen LogP contribution in [0.25, 0.3) is 10.9 Å². The lowest BCUT2D eigenvalue weighted by Gasteiger charge is -2.08. The van der Waals surface area contributed by atoms with Crippen LogP contribution < -0.4 is 11.3 Å². The molecule has 0 unspecified atom stereocenters. The van der Waals surface area contributed by atoms with E-state index in [0.29, 0.717) is 5.69 Å². The third-order valence-corrected chi connectivity index (χ3v) is 3.31. The van der Waals surface area contributed by atoms with Crippen LogP contribution in [0.5, 0.6) is 0 Å². The maximum Gasteiger partial charge on any atom is 0.281 e. The van der Waals surface area contributed by atoms with Gasteiger partial charge in [-0.25, -0.2) is 5.84 Å². The van der Waals surface area contributed by atoms with Crippen LogP contribution in [-0.2, 0) is 6.54 Å². The molecule has 2 aromatic rings. The second-order valence-corrected chi connectivity index (χ2v) is 4.62. The number of rotatable bonds is 3. The van der Waals surface area contributed by atoms with Crippen molar-refractivity contribution >= 4 is 16.8 Å². The minimum absolute atomic E-state index is 0.221. The maximum atomic E-state index is 11.7. The van der Waals surface area contributed by atoms with Crippen molar-refractivity contribution in [1.29, 1.82) is 0 Å². The number of nitrogens with one attached hydrogen (secondary N) is 1. The molecule has 1 saturated carbocycles. The van der Waals surface area contributed by atoms with Crippen LogP contribution in [0.15, 0.2) is 30.3 Å². The van der Waals surface area contributed by atoms with E-state index in [1.54, 1.807) is 0 Å². The standard InChI is InChI=1S/C13H15N3O/c14-15-13(17)12-7-10-3-1-2-4-11(10)16(12)8-9-5-6-9/h1-4,7,9H,5-6,8,14H2,(H,15,17). The zero-order valence-electron chi connectivity index (χ0n) is 9.52. The molecule has 1 heterocycles. The monoisotopic (exact) mass is 229 g/mol. The highest BCUT2D eigenvalue weighted by molar-refractivity contribution is 5.98. The summed E-state index contributed by atoms with van der Waals surface area (Å²) in [5.74, 6) is 5.73. The quantitative estimate of drug-likeness (QED) is 0.477. The van der Waals surface area contributed by atoms with Gasteiger partial charge in [0.25, 0.3) is 5.91 Å². The van der Waals surface area contributed by atoms with Gasteiger partial charge < -0.3 is 4.57 Å². The van der Waals surface area contributed by atoms with Crippen LogP contribution in [0.4, 0.5) is 0 Å². The molecular formula is C13H15N3O. The Morgan fingerprint density at radius 3 is 2.88 bits per heavy atom. The maximum absolute atomic E-state index is 11.7. The summed E-state index contributed by atoms with van der Waals surface area (Å²) in [5.41, 5.74) is 3.98. The molecule has 4 nitrogen and oxygen atoms in total. The van der Waals surface area contributed by atoms with Crippen molar-refractivity contribution in [3.05, 3.63) is 36.0 Å². The molecule has 0 radical (unpaired) electrons. The van der Waals surface area contributed by atoms with E-state index in [0.717, 1.165) is 23.4 Å². The number of nitrogens with two attached hydrogens (primary N) is 1. The average Bonchev–Trinajstić information content (AvgIpc) is 3.10. The SMILES string of the molecule is NNC(=O)c1cc2ccccc2n1CC1CC1. The normalized spacial score (nSPS) is 15.1. The van der Waals surface area contributed by atoms with E-state index in [-0.39, 0.29) is 5.91 Å². The van der Waals surface area contributed by atoms with Crippen molar-refractivity contribution in [3.63, 3.8) is 0 Å². The minimum atomic E-state index is -0.221. The van der Waals surface area contributed by atoms with Gasteiger partial charge in [0.15, 0.2) is 0 Å². The first-order chi connectivity index (χ1) is 8.29. The predicted molar refractivity (Wildman–Crippen MR) is 66.3 cm³/mol. The Balaban J connectivity index is 2.13. The highest BCUT2D eigenvalue weighted by atomic mass is 16.2. The van der Waals surface area contributed by atoms with E-state index in [1.807, 2.05) is 30.3 Å². The number of fused-ring (bicyclic) bond motifs is 1. The van der Waals surface area contributed by atoms with Gasteiger partial charge in [-0.3, -0.25) is 10.2 Å². The summed E-state index contributed by atoms with van der Waals surface area (Å²) in [6, 6.07) is 9.95. The van der Waals surface area contributed by atoms with Gasteiger partial charge in [-0.2, -0.15) is 0 Å². The third-order valence-electron chi connectivity index (χ3n) is 3.31. The van der Waals surface area contributed by atoms with Crippen LogP contribution in [0, 0.1) is 5.92 Å². The van der Waals surface area contributed by atoms with Gasteiger partial charge in [-0.15, -0.1) is 0 Å². The molecule has 1 fully saturated rings. The van der Waals surface area contributed by atoms with Crippen LogP contribution in [-0.4, -0.2) is 10.5 Å². The summed E-state index contributed by atoms with van der Waals surface area (Å²) in [6.07, 6.45) is 2.52. The van der Waals surface area contributed by atoms with Gasteiger partial charge in [0.2, 0.25) is 0 Å². The number of nitrogens with zero attached hydrogens (tertiary/aromatic N) is 1. The molecule has 0 aliphatic heterocycles. The Bertz CT molecular complexity index is 569. The molecule has 0 bridgehead atoms. The van der Waals surface area contributed by atoms with E-state index < -0.39 is 0 Å². The van der Waals surface area contributed by atoms with Crippen LogP contribution in [0.1, 0.15) is 23.3 Å². The fraction of sp³-hybridized carbons (Fsp3) is 0.308. The van der Waals surface area contributed by atoms with Gasteiger partial charge in [0.1, 0.15) is 5.69 Å². The Morgan fingerprint density at radius 1 is 1.41 bits per heavy atom. The number of amides is 1. The third kappa shape index (κ3) is 1.80. The van der Waals surface area contributed by atoms with Crippen LogP contribution in [0.2, 0.25) is 0 Å². The molecule has 3 N–H and O–H groups in total. The topological polar surface area (TPSA) is 60.0 Å². The fourth-order valence-electron chi connectivity index (χ4n) is 2.23. The van der Waals surface area contributed by atoms with Gasteiger partial charge in [-0.1, -0.05) is 18.2 Å². The van der Waals surface area contributed by atoms with Crippen molar-refractivity contribution < 1.29 is 4.79 Å². The van der Waals surface area contributed by atoms with Crippen molar-refractivity contribution in [2.24, 2.45) is 11.8 Å². The number of aromatic nitrogens is 1. The molecule has 88 valence electrons. The molecule has 1 aromatic carbocycles. The van der Waals surface area contributed by atoms with Crippen LogP contribution in [0.3, 0.4) is 0 Å². The molecule has 1 aliphatic rings. The molecule has 17 heavy (non-hydrogen) atoms. The first-order valence-corrected chi connectivity index (χ1v) is 5.89. The number of hydrogen-bond donors (Lipinski definition) is 2. The van der Waals surface area contributed by atoms with E-state index >= 15 is 0 Å². The summed E-state index contributed by atoms with van der Waals surface area (Å²) in [6.45, 7) is 0.913. The highest BCUT2D eigenvalue weighted by Crippen LogP contribution is 2.33. The first kappa shape index (κ1) is 10.4. The number of carbonyl (C=O) groups is 1. The number of hydrazine groups is 1. The summed E-state index contributed by atoms with van der Waals surface area (Å²) in [5, 5.41) is 1.09. The molecule has 3 rings (SSSR count). The number of para-hydroxylation sites is 1. The van der Waals surface area contributed by atoms with Crippen molar-refractivity contribution in [3.8, 4) is 0 Å². The molecule has 0 spiro atoms. The zero-order chi connectivity index (χ0) is 11.8. The van der Waals surface area contributed by atoms with Gasteiger partial charge in [-0.05, 0) is 30.9 Å².